The largest absolute Gasteiger partial charge is 0.487 e. The number of nitrogens with one attached hydrogen (secondary N) is 1. The zero-order valence-electron chi connectivity index (χ0n) is 15.4. The van der Waals surface area contributed by atoms with Gasteiger partial charge in [-0.1, -0.05) is 18.2 Å². The first-order valence-electron chi connectivity index (χ1n) is 9.38. The van der Waals surface area contributed by atoms with Crippen molar-refractivity contribution in [1.29, 1.82) is 0 Å². The third-order valence-corrected chi connectivity index (χ3v) is 5.28. The van der Waals surface area contributed by atoms with Crippen LogP contribution in [0.15, 0.2) is 53.3 Å². The number of hydrogen-bond donors (Lipinski definition) is 2. The number of hydrogen-bond acceptors (Lipinski definition) is 4. The van der Waals surface area contributed by atoms with Crippen LogP contribution in [0.5, 0.6) is 5.75 Å². The first-order valence-corrected chi connectivity index (χ1v) is 9.38. The number of pyridine rings is 1. The summed E-state index contributed by atoms with van der Waals surface area (Å²) in [6.07, 6.45) is 1.40. The van der Waals surface area contributed by atoms with E-state index in [2.05, 4.69) is 16.0 Å². The first-order chi connectivity index (χ1) is 13.1. The summed E-state index contributed by atoms with van der Waals surface area (Å²) in [6.45, 7) is 3.84. The van der Waals surface area contributed by atoms with Gasteiger partial charge in [0.15, 0.2) is 5.43 Å². The van der Waals surface area contributed by atoms with Crippen molar-refractivity contribution in [2.75, 3.05) is 18.0 Å². The van der Waals surface area contributed by atoms with Gasteiger partial charge in [-0.2, -0.15) is 0 Å². The number of H-pyrrole nitrogens is 1. The smallest absolute Gasteiger partial charge is 0.192 e. The Hall–Kier alpha value is -2.79. The first kappa shape index (κ1) is 17.6. The van der Waals surface area contributed by atoms with Crippen LogP contribution < -0.4 is 15.1 Å². The van der Waals surface area contributed by atoms with Crippen LogP contribution in [-0.4, -0.2) is 29.3 Å². The fourth-order valence-electron chi connectivity index (χ4n) is 3.58. The van der Waals surface area contributed by atoms with Gasteiger partial charge in [-0.3, -0.25) is 4.79 Å². The fraction of sp³-hybridized carbons (Fsp3) is 0.318. The highest BCUT2D eigenvalue weighted by Crippen LogP contribution is 2.25. The lowest BCUT2D eigenvalue weighted by Crippen LogP contribution is -2.35. The molecule has 2 aromatic carbocycles. The molecule has 0 unspecified atom stereocenters. The molecule has 1 aliphatic rings. The minimum atomic E-state index is -0.187. The molecule has 0 bridgehead atoms. The Morgan fingerprint density at radius 2 is 1.93 bits per heavy atom. The van der Waals surface area contributed by atoms with Crippen molar-refractivity contribution in [1.82, 2.24) is 4.98 Å². The second kappa shape index (κ2) is 7.45. The van der Waals surface area contributed by atoms with E-state index in [0.717, 1.165) is 48.6 Å². The molecule has 1 saturated heterocycles. The summed E-state index contributed by atoms with van der Waals surface area (Å²) in [4.78, 5) is 18.1. The van der Waals surface area contributed by atoms with Gasteiger partial charge in [-0.25, -0.2) is 0 Å². The number of para-hydroxylation sites is 1. The van der Waals surface area contributed by atoms with E-state index in [1.807, 2.05) is 49.4 Å². The maximum absolute atomic E-state index is 12.5. The van der Waals surface area contributed by atoms with Crippen molar-refractivity contribution < 1.29 is 9.84 Å². The van der Waals surface area contributed by atoms with E-state index < -0.39 is 0 Å². The number of aromatic nitrogens is 1. The number of fused-ring (bicyclic) bond motifs is 1. The topological polar surface area (TPSA) is 65.6 Å². The molecule has 0 radical (unpaired) electrons. The number of anilines is 1. The third-order valence-electron chi connectivity index (χ3n) is 5.28. The minimum absolute atomic E-state index is 0.0450. The summed E-state index contributed by atoms with van der Waals surface area (Å²) in [5.41, 5.74) is 3.46. The molecule has 3 aromatic rings. The Morgan fingerprint density at radius 3 is 2.74 bits per heavy atom. The van der Waals surface area contributed by atoms with Gasteiger partial charge in [0.2, 0.25) is 0 Å². The standard InChI is InChI=1S/C22H24N2O3/c1-15-21(23-20-8-3-2-7-19(20)22(15)26)14-27-18-6-4-5-16(13-18)24-11-9-17(25)10-12-24/h2-8,13,17,25H,9-12,14H2,1H3,(H,23,26). The lowest BCUT2D eigenvalue weighted by molar-refractivity contribution is 0.145. The predicted octanol–water partition coefficient (Wildman–Crippen LogP) is 3.38. The molecule has 27 heavy (non-hydrogen) atoms. The average molecular weight is 364 g/mol. The van der Waals surface area contributed by atoms with Crippen LogP contribution >= 0.6 is 0 Å². The second-order valence-electron chi connectivity index (χ2n) is 7.11. The Labute approximate surface area is 158 Å². The lowest BCUT2D eigenvalue weighted by atomic mass is 10.1. The highest BCUT2D eigenvalue weighted by Gasteiger charge is 2.17. The van der Waals surface area contributed by atoms with E-state index in [1.54, 1.807) is 0 Å². The Morgan fingerprint density at radius 1 is 1.15 bits per heavy atom. The van der Waals surface area contributed by atoms with Crippen LogP contribution in [-0.2, 0) is 6.61 Å². The second-order valence-corrected chi connectivity index (χ2v) is 7.11. The van der Waals surface area contributed by atoms with Crippen LogP contribution in [0.2, 0.25) is 0 Å². The normalized spacial score (nSPS) is 15.3. The SMILES string of the molecule is Cc1c(COc2cccc(N3CCC(O)CC3)c2)[nH]c2ccccc2c1=O. The van der Waals surface area contributed by atoms with Crippen molar-refractivity contribution in [2.45, 2.75) is 32.5 Å². The van der Waals surface area contributed by atoms with Gasteiger partial charge in [-0.05, 0) is 44.0 Å². The number of aliphatic hydroxyl groups excluding tert-OH is 1. The number of aromatic amines is 1. The molecule has 0 atom stereocenters. The predicted molar refractivity (Wildman–Crippen MR) is 108 cm³/mol. The molecule has 2 heterocycles. The molecule has 140 valence electrons. The molecule has 0 spiro atoms. The van der Waals surface area contributed by atoms with Crippen LogP contribution in [0, 0.1) is 6.92 Å². The van der Waals surface area contributed by atoms with Crippen LogP contribution in [0.4, 0.5) is 5.69 Å². The number of aliphatic hydroxyl groups is 1. The monoisotopic (exact) mass is 364 g/mol. The summed E-state index contributed by atoms with van der Waals surface area (Å²) >= 11 is 0. The zero-order chi connectivity index (χ0) is 18.8. The van der Waals surface area contributed by atoms with Gasteiger partial charge in [0.05, 0.1) is 11.8 Å². The molecule has 5 heteroatoms. The van der Waals surface area contributed by atoms with E-state index in [9.17, 15) is 9.90 Å². The molecule has 0 aliphatic carbocycles. The fourth-order valence-corrected chi connectivity index (χ4v) is 3.58. The lowest BCUT2D eigenvalue weighted by Gasteiger charge is -2.31. The number of rotatable bonds is 4. The average Bonchev–Trinajstić information content (AvgIpc) is 2.70. The molecule has 4 rings (SSSR count). The van der Waals surface area contributed by atoms with Gasteiger partial charge < -0.3 is 19.7 Å². The molecule has 0 saturated carbocycles. The number of benzene rings is 2. The Balaban J connectivity index is 1.52. The number of nitrogens with zero attached hydrogens (tertiary/aromatic N) is 1. The van der Waals surface area contributed by atoms with E-state index >= 15 is 0 Å². The van der Waals surface area contributed by atoms with E-state index in [-0.39, 0.29) is 11.5 Å². The van der Waals surface area contributed by atoms with Gasteiger partial charge in [0.25, 0.3) is 0 Å². The van der Waals surface area contributed by atoms with Gasteiger partial charge >= 0.3 is 0 Å². The van der Waals surface area contributed by atoms with Crippen molar-refractivity contribution >= 4 is 16.6 Å². The maximum atomic E-state index is 12.5. The van der Waals surface area contributed by atoms with Crippen molar-refractivity contribution in [3.8, 4) is 5.75 Å². The summed E-state index contributed by atoms with van der Waals surface area (Å²) in [6, 6.07) is 15.5. The highest BCUT2D eigenvalue weighted by molar-refractivity contribution is 5.79. The Bertz CT molecular complexity index is 1000. The molecule has 5 nitrogen and oxygen atoms in total. The summed E-state index contributed by atoms with van der Waals surface area (Å²) in [5.74, 6) is 0.770. The van der Waals surface area contributed by atoms with Crippen LogP contribution in [0.1, 0.15) is 24.1 Å². The summed E-state index contributed by atoms with van der Waals surface area (Å²) in [5, 5.41) is 10.4. The van der Waals surface area contributed by atoms with E-state index in [1.165, 1.54) is 0 Å². The van der Waals surface area contributed by atoms with Crippen LogP contribution in [0.3, 0.4) is 0 Å². The van der Waals surface area contributed by atoms with Crippen molar-refractivity contribution in [3.63, 3.8) is 0 Å². The van der Waals surface area contributed by atoms with Gasteiger partial charge in [0.1, 0.15) is 12.4 Å². The van der Waals surface area contributed by atoms with Crippen LogP contribution in [0.25, 0.3) is 10.9 Å². The summed E-state index contributed by atoms with van der Waals surface area (Å²) < 4.78 is 5.98. The molecular formula is C22H24N2O3. The quantitative estimate of drug-likeness (QED) is 0.745. The van der Waals surface area contributed by atoms with Gasteiger partial charge in [-0.15, -0.1) is 0 Å². The number of ether oxygens (including phenoxy) is 1. The van der Waals surface area contributed by atoms with E-state index in [4.69, 9.17) is 4.74 Å². The summed E-state index contributed by atoms with van der Waals surface area (Å²) in [7, 11) is 0. The molecule has 2 N–H and O–H groups in total. The molecular weight excluding hydrogens is 340 g/mol. The number of piperidine rings is 1. The zero-order valence-corrected chi connectivity index (χ0v) is 15.4. The van der Waals surface area contributed by atoms with Crippen molar-refractivity contribution in [2.24, 2.45) is 0 Å². The Kier molecular flexibility index (Phi) is 4.86. The minimum Gasteiger partial charge on any atom is -0.487 e. The molecule has 1 aromatic heterocycles. The van der Waals surface area contributed by atoms with Crippen molar-refractivity contribution in [3.05, 3.63) is 70.0 Å². The van der Waals surface area contributed by atoms with E-state index in [0.29, 0.717) is 17.6 Å². The highest BCUT2D eigenvalue weighted by atomic mass is 16.5. The molecule has 1 aliphatic heterocycles. The third kappa shape index (κ3) is 3.69. The van der Waals surface area contributed by atoms with Gasteiger partial charge in [0, 0.05) is 41.3 Å². The molecule has 0 amide bonds. The molecule has 1 fully saturated rings. The maximum Gasteiger partial charge on any atom is 0.192 e.